The Balaban J connectivity index is 2.69. The Bertz CT molecular complexity index is 614. The van der Waals surface area contributed by atoms with Crippen LogP contribution in [-0.4, -0.2) is 39.0 Å². The van der Waals surface area contributed by atoms with Crippen molar-refractivity contribution in [2.75, 3.05) is 19.6 Å². The molecule has 138 valence electrons. The lowest BCUT2D eigenvalue weighted by Gasteiger charge is -2.20. The third kappa shape index (κ3) is 6.41. The van der Waals surface area contributed by atoms with Crippen LogP contribution in [0.3, 0.4) is 0 Å². The first-order valence-electron chi connectivity index (χ1n) is 8.02. The molecule has 0 aliphatic carbocycles. The van der Waals surface area contributed by atoms with Gasteiger partial charge in [-0.2, -0.15) is 13.2 Å². The molecule has 1 atom stereocenters. The topological polar surface area (TPSA) is 49.4 Å². The molecule has 0 aliphatic rings. The van der Waals surface area contributed by atoms with Crippen LogP contribution >= 0.6 is 0 Å². The molecule has 0 saturated heterocycles. The summed E-state index contributed by atoms with van der Waals surface area (Å²) in [5.41, 5.74) is -0.973. The molecule has 24 heavy (non-hydrogen) atoms. The lowest BCUT2D eigenvalue weighted by molar-refractivity contribution is -0.137. The van der Waals surface area contributed by atoms with Crippen LogP contribution in [0.25, 0.3) is 0 Å². The summed E-state index contributed by atoms with van der Waals surface area (Å²) in [4.78, 5) is 1.86. The Morgan fingerprint density at radius 3 is 2.38 bits per heavy atom. The molecule has 1 aromatic carbocycles. The Hall–Kier alpha value is -1.12. The molecule has 0 saturated carbocycles. The quantitative estimate of drug-likeness (QED) is 0.728. The summed E-state index contributed by atoms with van der Waals surface area (Å²) in [5, 5.41) is 0. The maximum absolute atomic E-state index is 12.7. The molecular formula is C16H25F3N2O2S. The van der Waals surface area contributed by atoms with Crippen LogP contribution in [0.5, 0.6) is 0 Å². The van der Waals surface area contributed by atoms with Gasteiger partial charge in [-0.25, -0.2) is 13.1 Å². The van der Waals surface area contributed by atoms with Crippen LogP contribution in [0.15, 0.2) is 29.2 Å². The highest BCUT2D eigenvalue weighted by atomic mass is 32.2. The smallest absolute Gasteiger partial charge is 0.304 e. The Morgan fingerprint density at radius 1 is 1.21 bits per heavy atom. The highest BCUT2D eigenvalue weighted by molar-refractivity contribution is 7.89. The zero-order chi connectivity index (χ0) is 18.4. The van der Waals surface area contributed by atoms with E-state index in [1.807, 2.05) is 0 Å². The number of hydrogen-bond donors (Lipinski definition) is 1. The van der Waals surface area contributed by atoms with Crippen LogP contribution in [0, 0.1) is 0 Å². The molecule has 1 rings (SSSR count). The summed E-state index contributed by atoms with van der Waals surface area (Å²) in [6.45, 7) is 8.56. The van der Waals surface area contributed by atoms with Crippen molar-refractivity contribution in [3.05, 3.63) is 29.8 Å². The van der Waals surface area contributed by atoms with Gasteiger partial charge in [0.2, 0.25) is 10.0 Å². The van der Waals surface area contributed by atoms with Gasteiger partial charge in [-0.05, 0) is 57.6 Å². The van der Waals surface area contributed by atoms with Crippen molar-refractivity contribution in [1.29, 1.82) is 0 Å². The monoisotopic (exact) mass is 366 g/mol. The van der Waals surface area contributed by atoms with Crippen molar-refractivity contribution < 1.29 is 21.6 Å². The molecule has 0 aromatic heterocycles. The van der Waals surface area contributed by atoms with Crippen molar-refractivity contribution in [3.8, 4) is 0 Å². The van der Waals surface area contributed by atoms with Gasteiger partial charge in [-0.3, -0.25) is 0 Å². The van der Waals surface area contributed by atoms with Crippen LogP contribution in [0.1, 0.15) is 39.2 Å². The van der Waals surface area contributed by atoms with Crippen molar-refractivity contribution in [3.63, 3.8) is 0 Å². The maximum atomic E-state index is 12.7. The Morgan fingerprint density at radius 2 is 1.83 bits per heavy atom. The molecular weight excluding hydrogens is 341 g/mol. The van der Waals surface area contributed by atoms with E-state index in [-0.39, 0.29) is 10.9 Å². The molecule has 0 radical (unpaired) electrons. The molecule has 1 aromatic rings. The van der Waals surface area contributed by atoms with Gasteiger partial charge >= 0.3 is 6.18 Å². The number of sulfonamides is 1. The number of benzene rings is 1. The van der Waals surface area contributed by atoms with Crippen molar-refractivity contribution >= 4 is 10.0 Å². The van der Waals surface area contributed by atoms with E-state index in [0.29, 0.717) is 12.5 Å². The van der Waals surface area contributed by atoms with Crippen molar-refractivity contribution in [2.24, 2.45) is 0 Å². The van der Waals surface area contributed by atoms with E-state index in [9.17, 15) is 21.6 Å². The summed E-state index contributed by atoms with van der Waals surface area (Å²) in [7, 11) is -3.97. The third-order valence-corrected chi connectivity index (χ3v) is 5.42. The molecule has 0 bridgehead atoms. The average Bonchev–Trinajstić information content (AvgIpc) is 2.50. The van der Waals surface area contributed by atoms with Gasteiger partial charge < -0.3 is 4.90 Å². The van der Waals surface area contributed by atoms with Crippen LogP contribution in [0.2, 0.25) is 0 Å². The average molecular weight is 366 g/mol. The van der Waals surface area contributed by atoms with Gasteiger partial charge in [0.05, 0.1) is 10.5 Å². The predicted octanol–water partition coefficient (Wildman–Crippen LogP) is 3.49. The fraction of sp³-hybridized carbons (Fsp3) is 0.625. The van der Waals surface area contributed by atoms with Gasteiger partial charge in [-0.1, -0.05) is 19.9 Å². The molecule has 4 nitrogen and oxygen atoms in total. The molecule has 0 amide bonds. The number of nitrogens with zero attached hydrogens (tertiary/aromatic N) is 1. The van der Waals surface area contributed by atoms with E-state index in [1.165, 1.54) is 6.07 Å². The lowest BCUT2D eigenvalue weighted by Crippen LogP contribution is -2.33. The SMILES string of the molecule is CCN(CC)CCCC(C)NS(=O)(=O)c1cccc(C(F)(F)F)c1. The van der Waals surface area contributed by atoms with E-state index in [4.69, 9.17) is 0 Å². The molecule has 0 aliphatic heterocycles. The second-order valence-corrected chi connectivity index (χ2v) is 7.43. The largest absolute Gasteiger partial charge is 0.416 e. The van der Waals surface area contributed by atoms with Crippen LogP contribution < -0.4 is 4.72 Å². The summed E-state index contributed by atoms with van der Waals surface area (Å²) in [6.07, 6.45) is -3.14. The van der Waals surface area contributed by atoms with E-state index in [2.05, 4.69) is 23.5 Å². The van der Waals surface area contributed by atoms with Crippen molar-refractivity contribution in [2.45, 2.75) is 50.7 Å². The van der Waals surface area contributed by atoms with Gasteiger partial charge in [0, 0.05) is 6.04 Å². The zero-order valence-corrected chi connectivity index (χ0v) is 15.0. The number of rotatable bonds is 9. The first-order valence-corrected chi connectivity index (χ1v) is 9.50. The van der Waals surface area contributed by atoms with E-state index in [0.717, 1.165) is 38.2 Å². The fourth-order valence-electron chi connectivity index (χ4n) is 2.39. The first-order chi connectivity index (χ1) is 11.1. The second kappa shape index (κ2) is 8.82. The van der Waals surface area contributed by atoms with Gasteiger partial charge in [0.1, 0.15) is 0 Å². The molecule has 1 unspecified atom stereocenters. The standard InChI is InChI=1S/C16H25F3N2O2S/c1-4-21(5-2)11-7-8-13(3)20-24(22,23)15-10-6-9-14(12-15)16(17,18)19/h6,9-10,12-13,20H,4-5,7-8,11H2,1-3H3. The Labute approximate surface area is 142 Å². The second-order valence-electron chi connectivity index (χ2n) is 5.72. The minimum absolute atomic E-state index is 0.347. The van der Waals surface area contributed by atoms with Crippen LogP contribution in [0.4, 0.5) is 13.2 Å². The number of nitrogens with one attached hydrogen (secondary N) is 1. The molecule has 0 spiro atoms. The highest BCUT2D eigenvalue weighted by Crippen LogP contribution is 2.30. The first kappa shape index (κ1) is 20.9. The number of alkyl halides is 3. The molecule has 1 N–H and O–H groups in total. The number of halogens is 3. The lowest BCUT2D eigenvalue weighted by atomic mass is 10.2. The fourth-order valence-corrected chi connectivity index (χ4v) is 3.72. The molecule has 8 heteroatoms. The number of hydrogen-bond acceptors (Lipinski definition) is 3. The minimum atomic E-state index is -4.57. The minimum Gasteiger partial charge on any atom is -0.304 e. The van der Waals surface area contributed by atoms with Crippen molar-refractivity contribution in [1.82, 2.24) is 9.62 Å². The summed E-state index contributed by atoms with van der Waals surface area (Å²) < 4.78 is 65.1. The zero-order valence-electron chi connectivity index (χ0n) is 14.2. The van der Waals surface area contributed by atoms with Gasteiger partial charge in [0.15, 0.2) is 0 Å². The van der Waals surface area contributed by atoms with Gasteiger partial charge in [0.25, 0.3) is 0 Å². The van der Waals surface area contributed by atoms with E-state index in [1.54, 1.807) is 6.92 Å². The predicted molar refractivity (Wildman–Crippen MR) is 88.2 cm³/mol. The maximum Gasteiger partial charge on any atom is 0.416 e. The summed E-state index contributed by atoms with van der Waals surface area (Å²) in [5.74, 6) is 0. The van der Waals surface area contributed by atoms with Crippen LogP contribution in [-0.2, 0) is 16.2 Å². The normalized spacial score (nSPS) is 14.1. The van der Waals surface area contributed by atoms with E-state index < -0.39 is 21.8 Å². The third-order valence-electron chi connectivity index (χ3n) is 3.83. The summed E-state index contributed by atoms with van der Waals surface area (Å²) >= 11 is 0. The molecule has 0 fully saturated rings. The Kier molecular flexibility index (Phi) is 7.69. The van der Waals surface area contributed by atoms with Gasteiger partial charge in [-0.15, -0.1) is 0 Å². The summed E-state index contributed by atoms with van der Waals surface area (Å²) in [6, 6.07) is 3.43. The van der Waals surface area contributed by atoms with E-state index >= 15 is 0 Å². The molecule has 0 heterocycles. The highest BCUT2D eigenvalue weighted by Gasteiger charge is 2.31.